The lowest BCUT2D eigenvalue weighted by atomic mass is 10.1. The quantitative estimate of drug-likeness (QED) is 0.723. The van der Waals surface area contributed by atoms with E-state index in [0.29, 0.717) is 11.3 Å². The fourth-order valence-electron chi connectivity index (χ4n) is 3.61. The fraction of sp³-hybridized carbons (Fsp3) is 0.391. The van der Waals surface area contributed by atoms with Crippen LogP contribution in [-0.4, -0.2) is 49.1 Å². The van der Waals surface area contributed by atoms with Gasteiger partial charge in [0.05, 0.1) is 5.75 Å². The van der Waals surface area contributed by atoms with Gasteiger partial charge in [-0.2, -0.15) is 0 Å². The van der Waals surface area contributed by atoms with Crippen LogP contribution in [0.1, 0.15) is 40.2 Å². The van der Waals surface area contributed by atoms with E-state index in [2.05, 4.69) is 17.1 Å². The molecule has 160 valence electrons. The molecule has 3 rings (SSSR count). The molecule has 1 heterocycles. The number of halogens is 1. The van der Waals surface area contributed by atoms with Gasteiger partial charge in [0, 0.05) is 23.8 Å². The minimum atomic E-state index is -0.300. The molecule has 2 aromatic carbocycles. The first-order chi connectivity index (χ1) is 14.3. The summed E-state index contributed by atoms with van der Waals surface area (Å²) in [4.78, 5) is 29.1. The van der Waals surface area contributed by atoms with Crippen molar-refractivity contribution in [3.8, 4) is 0 Å². The number of rotatable bonds is 7. The molecule has 5 nitrogen and oxygen atoms in total. The molecule has 2 unspecified atom stereocenters. The SMILES string of the molecule is CCC(CN(C)C)NC(=O)c1ccc(N2C(=O)CSC2c2ccc(F)cc2)c(C)c1. The van der Waals surface area contributed by atoms with Crippen LogP contribution in [0.15, 0.2) is 42.5 Å². The summed E-state index contributed by atoms with van der Waals surface area (Å²) in [7, 11) is 3.97. The van der Waals surface area contributed by atoms with Crippen LogP contribution in [0, 0.1) is 12.7 Å². The highest BCUT2D eigenvalue weighted by Crippen LogP contribution is 2.42. The van der Waals surface area contributed by atoms with Gasteiger partial charge in [0.15, 0.2) is 0 Å². The fourth-order valence-corrected chi connectivity index (χ4v) is 4.78. The molecule has 0 spiro atoms. The van der Waals surface area contributed by atoms with Gasteiger partial charge in [-0.05, 0) is 68.9 Å². The first-order valence-corrected chi connectivity index (χ1v) is 11.1. The maximum absolute atomic E-state index is 13.3. The van der Waals surface area contributed by atoms with E-state index in [0.717, 1.165) is 29.8 Å². The van der Waals surface area contributed by atoms with Crippen molar-refractivity contribution in [2.45, 2.75) is 31.7 Å². The van der Waals surface area contributed by atoms with Crippen molar-refractivity contribution in [2.24, 2.45) is 0 Å². The number of likely N-dealkylation sites (N-methyl/N-ethyl adjacent to an activating group) is 1. The minimum absolute atomic E-state index is 0.00616. The number of hydrogen-bond acceptors (Lipinski definition) is 4. The highest BCUT2D eigenvalue weighted by molar-refractivity contribution is 8.00. The maximum atomic E-state index is 13.3. The smallest absolute Gasteiger partial charge is 0.251 e. The Morgan fingerprint density at radius 2 is 1.97 bits per heavy atom. The van der Waals surface area contributed by atoms with Crippen molar-refractivity contribution in [1.29, 1.82) is 0 Å². The maximum Gasteiger partial charge on any atom is 0.251 e. The van der Waals surface area contributed by atoms with E-state index in [-0.39, 0.29) is 29.0 Å². The lowest BCUT2D eigenvalue weighted by Gasteiger charge is -2.26. The first kappa shape index (κ1) is 22.3. The number of thioether (sulfide) groups is 1. The number of nitrogens with one attached hydrogen (secondary N) is 1. The molecule has 0 saturated carbocycles. The molecule has 1 aliphatic rings. The van der Waals surface area contributed by atoms with Gasteiger partial charge in [-0.15, -0.1) is 11.8 Å². The summed E-state index contributed by atoms with van der Waals surface area (Å²) in [5.41, 5.74) is 3.08. The summed E-state index contributed by atoms with van der Waals surface area (Å²) in [6.07, 6.45) is 0.847. The number of nitrogens with zero attached hydrogens (tertiary/aromatic N) is 2. The minimum Gasteiger partial charge on any atom is -0.348 e. The molecular formula is C23H28FN3O2S. The normalized spacial score (nSPS) is 17.5. The van der Waals surface area contributed by atoms with Crippen LogP contribution in [0.5, 0.6) is 0 Å². The lowest BCUT2D eigenvalue weighted by Crippen LogP contribution is -2.41. The second-order valence-corrected chi connectivity index (χ2v) is 8.89. The highest BCUT2D eigenvalue weighted by atomic mass is 32.2. The lowest BCUT2D eigenvalue weighted by molar-refractivity contribution is -0.115. The molecule has 2 atom stereocenters. The Balaban J connectivity index is 1.82. The molecule has 2 amide bonds. The van der Waals surface area contributed by atoms with E-state index in [1.807, 2.05) is 33.2 Å². The number of hydrogen-bond donors (Lipinski definition) is 1. The molecular weight excluding hydrogens is 401 g/mol. The molecule has 0 bridgehead atoms. The van der Waals surface area contributed by atoms with Crippen molar-refractivity contribution in [1.82, 2.24) is 10.2 Å². The third kappa shape index (κ3) is 5.02. The molecule has 1 N–H and O–H groups in total. The Bertz CT molecular complexity index is 917. The largest absolute Gasteiger partial charge is 0.348 e. The number of amides is 2. The van der Waals surface area contributed by atoms with Crippen LogP contribution in [0.4, 0.5) is 10.1 Å². The molecule has 7 heteroatoms. The Labute approximate surface area is 181 Å². The standard InChI is InChI=1S/C23H28FN3O2S/c1-5-19(13-26(3)4)25-22(29)17-8-11-20(15(2)12-17)27-21(28)14-30-23(27)16-6-9-18(24)10-7-16/h6-12,19,23H,5,13-14H2,1-4H3,(H,25,29). The van der Waals surface area contributed by atoms with Crippen LogP contribution in [-0.2, 0) is 4.79 Å². The van der Waals surface area contributed by atoms with Crippen LogP contribution < -0.4 is 10.2 Å². The van der Waals surface area contributed by atoms with E-state index < -0.39 is 0 Å². The summed E-state index contributed by atoms with van der Waals surface area (Å²) < 4.78 is 13.3. The van der Waals surface area contributed by atoms with Gasteiger partial charge >= 0.3 is 0 Å². The zero-order valence-corrected chi connectivity index (χ0v) is 18.6. The molecule has 0 aliphatic carbocycles. The topological polar surface area (TPSA) is 52.7 Å². The third-order valence-electron chi connectivity index (χ3n) is 5.16. The van der Waals surface area contributed by atoms with E-state index in [1.165, 1.54) is 23.9 Å². The second kappa shape index (κ2) is 9.62. The summed E-state index contributed by atoms with van der Waals surface area (Å²) in [5, 5.41) is 2.87. The molecule has 0 aromatic heterocycles. The summed E-state index contributed by atoms with van der Waals surface area (Å²) in [5.74, 6) is -0.0417. The molecule has 1 saturated heterocycles. The van der Waals surface area contributed by atoms with Gasteiger partial charge in [0.2, 0.25) is 5.91 Å². The van der Waals surface area contributed by atoms with Crippen molar-refractivity contribution in [2.75, 3.05) is 31.3 Å². The number of anilines is 1. The predicted molar refractivity (Wildman–Crippen MR) is 120 cm³/mol. The van der Waals surface area contributed by atoms with Crippen molar-refractivity contribution >= 4 is 29.3 Å². The Morgan fingerprint density at radius 3 is 2.57 bits per heavy atom. The van der Waals surface area contributed by atoms with Crippen molar-refractivity contribution < 1.29 is 14.0 Å². The monoisotopic (exact) mass is 429 g/mol. The van der Waals surface area contributed by atoms with E-state index in [4.69, 9.17) is 0 Å². The van der Waals surface area contributed by atoms with Gasteiger partial charge in [-0.1, -0.05) is 19.1 Å². The molecule has 30 heavy (non-hydrogen) atoms. The van der Waals surface area contributed by atoms with Crippen molar-refractivity contribution in [3.63, 3.8) is 0 Å². The van der Waals surface area contributed by atoms with Crippen LogP contribution >= 0.6 is 11.8 Å². The average molecular weight is 430 g/mol. The van der Waals surface area contributed by atoms with E-state index >= 15 is 0 Å². The zero-order chi connectivity index (χ0) is 21.8. The molecule has 1 aliphatic heterocycles. The Kier molecular flexibility index (Phi) is 7.15. The van der Waals surface area contributed by atoms with Crippen LogP contribution in [0.2, 0.25) is 0 Å². The molecule has 0 radical (unpaired) electrons. The second-order valence-electron chi connectivity index (χ2n) is 7.82. The van der Waals surface area contributed by atoms with Crippen molar-refractivity contribution in [3.05, 3.63) is 65.0 Å². The van der Waals surface area contributed by atoms with Crippen LogP contribution in [0.3, 0.4) is 0 Å². The number of carbonyl (C=O) groups excluding carboxylic acids is 2. The molecule has 2 aromatic rings. The zero-order valence-electron chi connectivity index (χ0n) is 17.8. The number of benzene rings is 2. The Hall–Kier alpha value is -2.38. The highest BCUT2D eigenvalue weighted by Gasteiger charge is 2.35. The summed E-state index contributed by atoms with van der Waals surface area (Å²) >= 11 is 1.52. The number of aryl methyl sites for hydroxylation is 1. The van der Waals surface area contributed by atoms with Gasteiger partial charge < -0.3 is 10.2 Å². The van der Waals surface area contributed by atoms with Gasteiger partial charge in [-0.25, -0.2) is 4.39 Å². The summed E-state index contributed by atoms with van der Waals surface area (Å²) in [6, 6.07) is 11.7. The average Bonchev–Trinajstić information content (AvgIpc) is 3.08. The van der Waals surface area contributed by atoms with E-state index in [9.17, 15) is 14.0 Å². The van der Waals surface area contributed by atoms with Gasteiger partial charge in [0.1, 0.15) is 11.2 Å². The first-order valence-electron chi connectivity index (χ1n) is 10.1. The van der Waals surface area contributed by atoms with Gasteiger partial charge in [0.25, 0.3) is 5.91 Å². The number of carbonyl (C=O) groups is 2. The Morgan fingerprint density at radius 1 is 1.27 bits per heavy atom. The summed E-state index contributed by atoms with van der Waals surface area (Å²) in [6.45, 7) is 4.73. The molecule has 1 fully saturated rings. The predicted octanol–water partition coefficient (Wildman–Crippen LogP) is 3.98. The van der Waals surface area contributed by atoms with Crippen LogP contribution in [0.25, 0.3) is 0 Å². The third-order valence-corrected chi connectivity index (χ3v) is 6.37. The van der Waals surface area contributed by atoms with Gasteiger partial charge in [-0.3, -0.25) is 14.5 Å². The van der Waals surface area contributed by atoms with E-state index in [1.54, 1.807) is 23.1 Å².